The summed E-state index contributed by atoms with van der Waals surface area (Å²) in [6.07, 6.45) is 7.14. The van der Waals surface area contributed by atoms with Crippen molar-refractivity contribution in [2.24, 2.45) is 22.7 Å². The van der Waals surface area contributed by atoms with Crippen LogP contribution < -0.4 is 0 Å². The average molecular weight is 427 g/mol. The number of rotatable bonds is 7. The first kappa shape index (κ1) is 23.7. The SMILES string of the molecule is C=C1CC(OC(=O)c2ccccc2)C2[C@](C)(CO)CCC[C@]2(C)C1CCC(C)=CCO. The average Bonchev–Trinajstić information content (AvgIpc) is 2.73. The van der Waals surface area contributed by atoms with Gasteiger partial charge in [0.2, 0.25) is 0 Å². The molecule has 0 heterocycles. The van der Waals surface area contributed by atoms with Gasteiger partial charge in [-0.15, -0.1) is 0 Å². The Labute approximate surface area is 187 Å². The molecule has 3 rings (SSSR count). The van der Waals surface area contributed by atoms with E-state index in [4.69, 9.17) is 4.74 Å². The van der Waals surface area contributed by atoms with Gasteiger partial charge in [0.05, 0.1) is 12.2 Å². The van der Waals surface area contributed by atoms with Crippen molar-refractivity contribution in [1.82, 2.24) is 0 Å². The van der Waals surface area contributed by atoms with Crippen molar-refractivity contribution in [1.29, 1.82) is 0 Å². The molecule has 0 aromatic heterocycles. The fourth-order valence-corrected chi connectivity index (χ4v) is 6.46. The number of ether oxygens (including phenoxy) is 1. The highest BCUT2D eigenvalue weighted by Crippen LogP contribution is 2.62. The highest BCUT2D eigenvalue weighted by atomic mass is 16.5. The van der Waals surface area contributed by atoms with Gasteiger partial charge in [0.15, 0.2) is 0 Å². The van der Waals surface area contributed by atoms with Crippen LogP contribution in [0.15, 0.2) is 54.1 Å². The number of fused-ring (bicyclic) bond motifs is 1. The van der Waals surface area contributed by atoms with Gasteiger partial charge in [-0.25, -0.2) is 4.79 Å². The Morgan fingerprint density at radius 2 is 1.94 bits per heavy atom. The van der Waals surface area contributed by atoms with E-state index in [0.29, 0.717) is 17.9 Å². The fourth-order valence-electron chi connectivity index (χ4n) is 6.46. The maximum absolute atomic E-state index is 12.9. The van der Waals surface area contributed by atoms with Crippen LogP contribution in [0.25, 0.3) is 0 Å². The quantitative estimate of drug-likeness (QED) is 0.458. The minimum absolute atomic E-state index is 0.0669. The first-order valence-corrected chi connectivity index (χ1v) is 11.6. The summed E-state index contributed by atoms with van der Waals surface area (Å²) in [5, 5.41) is 19.6. The third kappa shape index (κ3) is 4.80. The Morgan fingerprint density at radius 1 is 1.23 bits per heavy atom. The Bertz CT molecular complexity index is 814. The predicted molar refractivity (Wildman–Crippen MR) is 124 cm³/mol. The molecule has 0 bridgehead atoms. The molecule has 0 spiro atoms. The van der Waals surface area contributed by atoms with Crippen LogP contribution in [0.5, 0.6) is 0 Å². The van der Waals surface area contributed by atoms with Crippen LogP contribution in [0.1, 0.15) is 69.7 Å². The highest BCUT2D eigenvalue weighted by Gasteiger charge is 2.59. The minimum Gasteiger partial charge on any atom is -0.458 e. The molecule has 5 atom stereocenters. The Kier molecular flexibility index (Phi) is 7.43. The summed E-state index contributed by atoms with van der Waals surface area (Å²) in [7, 11) is 0. The molecular formula is C27H38O4. The molecule has 0 radical (unpaired) electrons. The predicted octanol–water partition coefficient (Wildman–Crippen LogP) is 5.31. The fraction of sp³-hybridized carbons (Fsp3) is 0.593. The van der Waals surface area contributed by atoms with Crippen LogP contribution in [0.3, 0.4) is 0 Å². The molecule has 1 aromatic carbocycles. The molecule has 2 aliphatic rings. The maximum Gasteiger partial charge on any atom is 0.338 e. The Balaban J connectivity index is 1.91. The van der Waals surface area contributed by atoms with Gasteiger partial charge in [0.1, 0.15) is 6.10 Å². The zero-order valence-corrected chi connectivity index (χ0v) is 19.3. The number of hydrogen-bond acceptors (Lipinski definition) is 4. The lowest BCUT2D eigenvalue weighted by Gasteiger charge is -2.60. The molecule has 2 N–H and O–H groups in total. The third-order valence-electron chi connectivity index (χ3n) is 7.94. The van der Waals surface area contributed by atoms with Crippen molar-refractivity contribution < 1.29 is 19.7 Å². The second-order valence-electron chi connectivity index (χ2n) is 10.1. The van der Waals surface area contributed by atoms with Gasteiger partial charge in [-0.1, -0.05) is 62.3 Å². The second-order valence-corrected chi connectivity index (χ2v) is 10.1. The number of benzene rings is 1. The lowest BCUT2D eigenvalue weighted by Crippen LogP contribution is -2.58. The number of esters is 1. The van der Waals surface area contributed by atoms with Gasteiger partial charge in [0.25, 0.3) is 0 Å². The minimum atomic E-state index is -0.299. The van der Waals surface area contributed by atoms with Gasteiger partial charge < -0.3 is 14.9 Å². The topological polar surface area (TPSA) is 66.8 Å². The lowest BCUT2D eigenvalue weighted by atomic mass is 9.46. The molecule has 2 saturated carbocycles. The number of allylic oxidation sites excluding steroid dienone is 1. The summed E-state index contributed by atoms with van der Waals surface area (Å²) in [5.41, 5.74) is 2.51. The smallest absolute Gasteiger partial charge is 0.338 e. The van der Waals surface area contributed by atoms with E-state index in [1.807, 2.05) is 24.3 Å². The molecule has 0 saturated heterocycles. The van der Waals surface area contributed by atoms with E-state index in [1.165, 1.54) is 5.57 Å². The largest absolute Gasteiger partial charge is 0.458 e. The molecule has 1 aromatic rings. The second kappa shape index (κ2) is 9.70. The van der Waals surface area contributed by atoms with Crippen molar-refractivity contribution in [2.45, 2.75) is 65.4 Å². The van der Waals surface area contributed by atoms with E-state index in [0.717, 1.165) is 37.7 Å². The van der Waals surface area contributed by atoms with Gasteiger partial charge >= 0.3 is 5.97 Å². The molecule has 170 valence electrons. The Morgan fingerprint density at radius 3 is 2.58 bits per heavy atom. The van der Waals surface area contributed by atoms with Crippen molar-refractivity contribution in [3.8, 4) is 0 Å². The zero-order chi connectivity index (χ0) is 22.6. The van der Waals surface area contributed by atoms with Crippen LogP contribution in [0.2, 0.25) is 0 Å². The van der Waals surface area contributed by atoms with Crippen LogP contribution in [-0.2, 0) is 4.74 Å². The molecule has 2 aliphatic carbocycles. The van der Waals surface area contributed by atoms with Gasteiger partial charge in [-0.05, 0) is 61.5 Å². The highest BCUT2D eigenvalue weighted by molar-refractivity contribution is 5.89. The normalized spacial score (nSPS) is 33.6. The lowest BCUT2D eigenvalue weighted by molar-refractivity contribution is -0.145. The Hall–Kier alpha value is -1.91. The molecule has 31 heavy (non-hydrogen) atoms. The van der Waals surface area contributed by atoms with Crippen LogP contribution in [-0.4, -0.2) is 35.5 Å². The first-order valence-electron chi connectivity index (χ1n) is 11.6. The van der Waals surface area contributed by atoms with E-state index in [-0.39, 0.29) is 42.0 Å². The van der Waals surface area contributed by atoms with Crippen molar-refractivity contribution >= 4 is 5.97 Å². The molecular weight excluding hydrogens is 388 g/mol. The van der Waals surface area contributed by atoms with Crippen LogP contribution in [0.4, 0.5) is 0 Å². The number of hydrogen-bond donors (Lipinski definition) is 2. The summed E-state index contributed by atoms with van der Waals surface area (Å²) >= 11 is 0. The van der Waals surface area contributed by atoms with Crippen molar-refractivity contribution in [3.63, 3.8) is 0 Å². The van der Waals surface area contributed by atoms with E-state index >= 15 is 0 Å². The third-order valence-corrected chi connectivity index (χ3v) is 7.94. The number of aliphatic hydroxyl groups excluding tert-OH is 2. The van der Waals surface area contributed by atoms with Crippen molar-refractivity contribution in [2.75, 3.05) is 13.2 Å². The van der Waals surface area contributed by atoms with Crippen LogP contribution >= 0.6 is 0 Å². The summed E-state index contributed by atoms with van der Waals surface area (Å²) in [5.74, 6) is 0.0771. The molecule has 4 nitrogen and oxygen atoms in total. The number of carbonyl (C=O) groups excluding carboxylic acids is 1. The summed E-state index contributed by atoms with van der Waals surface area (Å²) < 4.78 is 6.14. The molecule has 0 aliphatic heterocycles. The van der Waals surface area contributed by atoms with E-state index < -0.39 is 0 Å². The van der Waals surface area contributed by atoms with Gasteiger partial charge in [-0.2, -0.15) is 0 Å². The zero-order valence-electron chi connectivity index (χ0n) is 19.3. The molecule has 0 amide bonds. The molecule has 2 fully saturated rings. The van der Waals surface area contributed by atoms with E-state index in [2.05, 4.69) is 27.4 Å². The van der Waals surface area contributed by atoms with E-state index in [1.54, 1.807) is 12.1 Å². The number of carbonyl (C=O) groups is 1. The number of aliphatic hydroxyl groups is 2. The monoisotopic (exact) mass is 426 g/mol. The summed E-state index contributed by atoms with van der Waals surface area (Å²) in [6, 6.07) is 9.14. The summed E-state index contributed by atoms with van der Waals surface area (Å²) in [6.45, 7) is 11.1. The van der Waals surface area contributed by atoms with Crippen molar-refractivity contribution in [3.05, 3.63) is 59.7 Å². The maximum atomic E-state index is 12.9. The summed E-state index contributed by atoms with van der Waals surface area (Å²) in [4.78, 5) is 12.9. The molecule has 4 heteroatoms. The standard InChI is InChI=1S/C27H38O4/c1-19(13-16-28)11-12-22-20(2)17-23(31-25(30)21-9-6-5-7-10-21)24-26(3,18-29)14-8-15-27(22,24)4/h5-7,9-10,13,22-24,28-29H,2,8,11-12,14-18H2,1,3-4H3/t22?,23?,24?,26-,27+/m0/s1. The van der Waals surface area contributed by atoms with Crippen LogP contribution in [0, 0.1) is 22.7 Å². The van der Waals surface area contributed by atoms with E-state index in [9.17, 15) is 15.0 Å². The molecule has 3 unspecified atom stereocenters. The first-order chi connectivity index (χ1) is 14.7. The van der Waals surface area contributed by atoms with Gasteiger partial charge in [0, 0.05) is 18.9 Å². The van der Waals surface area contributed by atoms with Gasteiger partial charge in [-0.3, -0.25) is 0 Å².